The number of rotatable bonds is 17. The largest absolute Gasteiger partial charge is 0.481 e. The van der Waals surface area contributed by atoms with Gasteiger partial charge in [-0.25, -0.2) is 9.78 Å². The summed E-state index contributed by atoms with van der Waals surface area (Å²) < 4.78 is 0. The van der Waals surface area contributed by atoms with Gasteiger partial charge in [0.25, 0.3) is 0 Å². The summed E-state index contributed by atoms with van der Waals surface area (Å²) in [4.78, 5) is 67.8. The molecule has 0 aliphatic rings. The van der Waals surface area contributed by atoms with Crippen LogP contribution in [-0.2, 0) is 30.4 Å². The maximum Gasteiger partial charge on any atom is 0.326 e. The summed E-state index contributed by atoms with van der Waals surface area (Å²) in [6.45, 7) is 3.52. The third-order valence-corrected chi connectivity index (χ3v) is 6.28. The number of amides is 3. The van der Waals surface area contributed by atoms with Gasteiger partial charge < -0.3 is 36.9 Å². The van der Waals surface area contributed by atoms with E-state index in [-0.39, 0.29) is 31.6 Å². The Kier molecular flexibility index (Phi) is 13.5. The Hall–Kier alpha value is -3.13. The minimum Gasteiger partial charge on any atom is -0.481 e. The lowest BCUT2D eigenvalue weighted by atomic mass is 9.98. The van der Waals surface area contributed by atoms with Crippen molar-refractivity contribution in [3.63, 3.8) is 0 Å². The molecule has 14 heteroatoms. The van der Waals surface area contributed by atoms with E-state index in [9.17, 15) is 29.1 Å². The lowest BCUT2D eigenvalue weighted by Crippen LogP contribution is -2.58. The first kappa shape index (κ1) is 30.9. The van der Waals surface area contributed by atoms with Gasteiger partial charge in [0.2, 0.25) is 17.7 Å². The monoisotopic (exact) mass is 528 g/mol. The summed E-state index contributed by atoms with van der Waals surface area (Å²) in [6.07, 6.45) is 5.03. The van der Waals surface area contributed by atoms with Crippen molar-refractivity contribution in [2.24, 2.45) is 11.7 Å². The zero-order valence-electron chi connectivity index (χ0n) is 20.7. The molecule has 1 heterocycles. The second-order valence-corrected chi connectivity index (χ2v) is 9.42. The number of nitrogens with one attached hydrogen (secondary N) is 4. The van der Waals surface area contributed by atoms with Crippen molar-refractivity contribution in [2.75, 3.05) is 12.0 Å². The molecule has 0 aliphatic heterocycles. The van der Waals surface area contributed by atoms with Crippen LogP contribution in [0, 0.1) is 5.92 Å². The number of carboxylic acids is 2. The number of nitrogens with two attached hydrogens (primary N) is 1. The lowest BCUT2D eigenvalue weighted by molar-refractivity contribution is -0.144. The number of aromatic nitrogens is 2. The average Bonchev–Trinajstić information content (AvgIpc) is 3.35. The van der Waals surface area contributed by atoms with Gasteiger partial charge in [-0.05, 0) is 30.8 Å². The molecule has 13 nitrogen and oxygen atoms in total. The van der Waals surface area contributed by atoms with Crippen LogP contribution in [0.25, 0.3) is 0 Å². The molecule has 1 rings (SSSR count). The van der Waals surface area contributed by atoms with Crippen LogP contribution in [0.1, 0.15) is 45.2 Å². The molecule has 0 saturated heterocycles. The second kappa shape index (κ2) is 15.8. The number of carboxylic acid groups (broad SMARTS) is 2. The Bertz CT molecular complexity index is 882. The van der Waals surface area contributed by atoms with Gasteiger partial charge in [0.05, 0.1) is 12.4 Å². The van der Waals surface area contributed by atoms with Crippen molar-refractivity contribution in [1.29, 1.82) is 0 Å². The number of aromatic amines is 1. The SMILES string of the molecule is CCC(C)C(NC(=O)C(CCSC)NC(=O)C(Cc1cnc[nH]1)NC(=O)C(N)CCC(=O)O)C(=O)O. The predicted molar refractivity (Wildman–Crippen MR) is 133 cm³/mol. The lowest BCUT2D eigenvalue weighted by Gasteiger charge is -2.26. The third-order valence-electron chi connectivity index (χ3n) is 5.64. The summed E-state index contributed by atoms with van der Waals surface area (Å²) in [5.41, 5.74) is 6.31. The van der Waals surface area contributed by atoms with Gasteiger partial charge in [-0.3, -0.25) is 19.2 Å². The van der Waals surface area contributed by atoms with Gasteiger partial charge in [-0.1, -0.05) is 20.3 Å². The van der Waals surface area contributed by atoms with E-state index in [2.05, 4.69) is 25.9 Å². The highest BCUT2D eigenvalue weighted by Gasteiger charge is 2.32. The van der Waals surface area contributed by atoms with Crippen LogP contribution in [0.15, 0.2) is 12.5 Å². The van der Waals surface area contributed by atoms with Gasteiger partial charge in [0.15, 0.2) is 0 Å². The normalized spacial score (nSPS) is 15.1. The second-order valence-electron chi connectivity index (χ2n) is 8.43. The molecule has 36 heavy (non-hydrogen) atoms. The molecular formula is C22H36N6O7S. The predicted octanol–water partition coefficient (Wildman–Crippen LogP) is -0.517. The van der Waals surface area contributed by atoms with E-state index in [0.29, 0.717) is 17.9 Å². The molecule has 0 bridgehead atoms. The van der Waals surface area contributed by atoms with E-state index in [1.165, 1.54) is 24.3 Å². The number of carbonyl (C=O) groups is 5. The highest BCUT2D eigenvalue weighted by molar-refractivity contribution is 7.98. The quantitative estimate of drug-likeness (QED) is 0.137. The van der Waals surface area contributed by atoms with Crippen LogP contribution in [0.5, 0.6) is 0 Å². The molecule has 5 atom stereocenters. The maximum atomic E-state index is 13.2. The summed E-state index contributed by atoms with van der Waals surface area (Å²) in [7, 11) is 0. The van der Waals surface area contributed by atoms with Crippen LogP contribution < -0.4 is 21.7 Å². The summed E-state index contributed by atoms with van der Waals surface area (Å²) in [5, 5.41) is 26.0. The number of hydrogen-bond donors (Lipinski definition) is 7. The molecule has 0 spiro atoms. The fourth-order valence-electron chi connectivity index (χ4n) is 3.23. The molecule has 0 fully saturated rings. The molecule has 8 N–H and O–H groups in total. The molecule has 1 aromatic rings. The first-order valence-corrected chi connectivity index (χ1v) is 13.0. The van der Waals surface area contributed by atoms with Crippen molar-refractivity contribution in [3.8, 4) is 0 Å². The molecule has 0 radical (unpaired) electrons. The number of hydrogen-bond acceptors (Lipinski definition) is 8. The Morgan fingerprint density at radius 1 is 1.06 bits per heavy atom. The Labute approximate surface area is 213 Å². The number of nitrogens with zero attached hydrogens (tertiary/aromatic N) is 1. The molecule has 202 valence electrons. The number of aliphatic carboxylic acids is 2. The van der Waals surface area contributed by atoms with Crippen LogP contribution in [0.2, 0.25) is 0 Å². The molecule has 5 unspecified atom stereocenters. The summed E-state index contributed by atoms with van der Waals surface area (Å²) in [5.74, 6) is -4.14. The van der Waals surface area contributed by atoms with E-state index >= 15 is 0 Å². The summed E-state index contributed by atoms with van der Waals surface area (Å²) in [6, 6.07) is -4.47. The summed E-state index contributed by atoms with van der Waals surface area (Å²) >= 11 is 1.45. The Morgan fingerprint density at radius 2 is 1.69 bits per heavy atom. The number of H-pyrrole nitrogens is 1. The maximum absolute atomic E-state index is 13.2. The Morgan fingerprint density at radius 3 is 2.22 bits per heavy atom. The fraction of sp³-hybridized carbons (Fsp3) is 0.636. The van der Waals surface area contributed by atoms with Crippen molar-refractivity contribution >= 4 is 41.4 Å². The molecular weight excluding hydrogens is 492 g/mol. The van der Waals surface area contributed by atoms with Crippen LogP contribution in [0.4, 0.5) is 0 Å². The number of carbonyl (C=O) groups excluding carboxylic acids is 3. The van der Waals surface area contributed by atoms with E-state index in [1.807, 2.05) is 13.2 Å². The molecule has 3 amide bonds. The van der Waals surface area contributed by atoms with Crippen molar-refractivity contribution in [3.05, 3.63) is 18.2 Å². The number of thioether (sulfide) groups is 1. The van der Waals surface area contributed by atoms with Gasteiger partial charge in [-0.2, -0.15) is 11.8 Å². The smallest absolute Gasteiger partial charge is 0.326 e. The van der Waals surface area contributed by atoms with E-state index in [0.717, 1.165) is 0 Å². The van der Waals surface area contributed by atoms with Crippen LogP contribution >= 0.6 is 11.8 Å². The minimum absolute atomic E-state index is 0.00467. The zero-order valence-corrected chi connectivity index (χ0v) is 21.5. The third kappa shape index (κ3) is 10.6. The van der Waals surface area contributed by atoms with Crippen molar-refractivity contribution in [1.82, 2.24) is 25.9 Å². The zero-order chi connectivity index (χ0) is 27.3. The minimum atomic E-state index is -1.17. The first-order valence-electron chi connectivity index (χ1n) is 11.6. The highest BCUT2D eigenvalue weighted by Crippen LogP contribution is 2.10. The van der Waals surface area contributed by atoms with Crippen LogP contribution in [-0.4, -0.2) is 86.0 Å². The van der Waals surface area contributed by atoms with Gasteiger partial charge in [-0.15, -0.1) is 0 Å². The van der Waals surface area contributed by atoms with E-state index < -0.39 is 53.8 Å². The van der Waals surface area contributed by atoms with Gasteiger partial charge >= 0.3 is 11.9 Å². The molecule has 0 saturated carbocycles. The first-order chi connectivity index (χ1) is 17.0. The molecule has 0 aromatic carbocycles. The van der Waals surface area contributed by atoms with Gasteiger partial charge in [0.1, 0.15) is 18.1 Å². The number of imidazole rings is 1. The van der Waals surface area contributed by atoms with Crippen molar-refractivity contribution in [2.45, 2.75) is 70.1 Å². The standard InChI is InChI=1S/C22H36N6O7S/c1-4-12(2)18(22(34)35)28-20(32)15(7-8-36-3)26-21(33)16(9-13-10-24-11-25-13)27-19(31)14(23)5-6-17(29)30/h10-12,14-16,18H,4-9,23H2,1-3H3,(H,24,25)(H,26,33)(H,27,31)(H,28,32)(H,29,30)(H,34,35). The topological polar surface area (TPSA) is 217 Å². The molecule has 1 aromatic heterocycles. The highest BCUT2D eigenvalue weighted by atomic mass is 32.2. The molecule has 0 aliphatic carbocycles. The van der Waals surface area contributed by atoms with Gasteiger partial charge in [0, 0.05) is 24.7 Å². The van der Waals surface area contributed by atoms with E-state index in [4.69, 9.17) is 10.8 Å². The van der Waals surface area contributed by atoms with E-state index in [1.54, 1.807) is 6.92 Å². The fourth-order valence-corrected chi connectivity index (χ4v) is 3.70. The average molecular weight is 529 g/mol. The van der Waals surface area contributed by atoms with Crippen molar-refractivity contribution < 1.29 is 34.2 Å². The Balaban J connectivity index is 3.03. The van der Waals surface area contributed by atoms with Crippen LogP contribution in [0.3, 0.4) is 0 Å².